The summed E-state index contributed by atoms with van der Waals surface area (Å²) in [5.41, 5.74) is 4.35. The van der Waals surface area contributed by atoms with Crippen LogP contribution in [0.2, 0.25) is 0 Å². The van der Waals surface area contributed by atoms with Crippen molar-refractivity contribution in [3.63, 3.8) is 0 Å². The van der Waals surface area contributed by atoms with E-state index in [4.69, 9.17) is 4.74 Å². The van der Waals surface area contributed by atoms with E-state index in [-0.39, 0.29) is 18.0 Å². The van der Waals surface area contributed by atoms with Crippen LogP contribution in [-0.2, 0) is 19.8 Å². The molecule has 246 valence electrons. The Morgan fingerprint density at radius 3 is 2.21 bits per heavy atom. The predicted octanol–water partition coefficient (Wildman–Crippen LogP) is 8.64. The first-order chi connectivity index (χ1) is 23.1. The molecule has 5 aromatic rings. The Hall–Kier alpha value is -5.51. The van der Waals surface area contributed by atoms with E-state index >= 15 is 0 Å². The van der Waals surface area contributed by atoms with E-state index in [2.05, 4.69) is 58.0 Å². The van der Waals surface area contributed by atoms with Crippen LogP contribution in [0.25, 0.3) is 11.1 Å². The third kappa shape index (κ3) is 7.71. The van der Waals surface area contributed by atoms with Crippen molar-refractivity contribution in [2.75, 3.05) is 23.3 Å². The topological polar surface area (TPSA) is 75.6 Å². The molecule has 0 aliphatic carbocycles. The minimum absolute atomic E-state index is 0.216. The van der Waals surface area contributed by atoms with Crippen molar-refractivity contribution < 1.29 is 27.5 Å². The van der Waals surface area contributed by atoms with Gasteiger partial charge in [-0.05, 0) is 71.3 Å². The molecule has 0 radical (unpaired) electrons. The lowest BCUT2D eigenvalue weighted by Gasteiger charge is -2.34. The molecule has 1 saturated heterocycles. The lowest BCUT2D eigenvalue weighted by atomic mass is 9.89. The number of aryl methyl sites for hydroxylation is 1. The Morgan fingerprint density at radius 1 is 0.854 bits per heavy atom. The number of nitrogens with one attached hydrogen (secondary N) is 2. The summed E-state index contributed by atoms with van der Waals surface area (Å²) in [4.78, 5) is 28.2. The normalized spacial score (nSPS) is 13.6. The average Bonchev–Trinajstić information content (AvgIpc) is 3.45. The van der Waals surface area contributed by atoms with E-state index in [0.29, 0.717) is 22.7 Å². The first-order valence-corrected chi connectivity index (χ1v) is 15.7. The van der Waals surface area contributed by atoms with E-state index in [9.17, 15) is 22.8 Å². The van der Waals surface area contributed by atoms with Crippen molar-refractivity contribution in [1.82, 2.24) is 9.88 Å². The van der Waals surface area contributed by atoms with Crippen LogP contribution < -0.4 is 20.3 Å². The molecule has 2 N–H and O–H groups in total. The van der Waals surface area contributed by atoms with Crippen molar-refractivity contribution in [2.45, 2.75) is 31.5 Å². The Kier molecular flexibility index (Phi) is 9.52. The molecule has 1 aliphatic heterocycles. The van der Waals surface area contributed by atoms with Gasteiger partial charge in [-0.2, -0.15) is 13.2 Å². The van der Waals surface area contributed by atoms with Crippen molar-refractivity contribution in [3.8, 4) is 17.0 Å². The summed E-state index contributed by atoms with van der Waals surface area (Å²) in [5, 5.41) is 5.55. The predicted molar refractivity (Wildman–Crippen MR) is 180 cm³/mol. The third-order valence-electron chi connectivity index (χ3n) is 8.61. The van der Waals surface area contributed by atoms with Gasteiger partial charge in [0.2, 0.25) is 5.88 Å². The van der Waals surface area contributed by atoms with Crippen molar-refractivity contribution in [3.05, 3.63) is 138 Å². The van der Waals surface area contributed by atoms with E-state index in [1.54, 1.807) is 42.1 Å². The SMILES string of the molecule is Cn1cc(NC(=O)c2ccccc2-c2ccc(C(F)(F)F)cc2)cc1OC(=O)NCc1ccc(N2CCC(c3ccccc3)CC2)cc1. The number of alkyl halides is 3. The highest BCUT2D eigenvalue weighted by Gasteiger charge is 2.30. The van der Waals surface area contributed by atoms with Gasteiger partial charge in [0.1, 0.15) is 0 Å². The maximum absolute atomic E-state index is 13.2. The van der Waals surface area contributed by atoms with Crippen LogP contribution in [-0.4, -0.2) is 29.7 Å². The van der Waals surface area contributed by atoms with Crippen molar-refractivity contribution in [2.24, 2.45) is 7.05 Å². The fourth-order valence-electron chi connectivity index (χ4n) is 6.01. The minimum Gasteiger partial charge on any atom is -0.393 e. The van der Waals surface area contributed by atoms with E-state index in [1.165, 1.54) is 23.8 Å². The zero-order chi connectivity index (χ0) is 33.7. The Bertz CT molecular complexity index is 1860. The van der Waals surface area contributed by atoms with E-state index < -0.39 is 23.7 Å². The highest BCUT2D eigenvalue weighted by atomic mass is 19.4. The number of amides is 2. The zero-order valence-corrected chi connectivity index (χ0v) is 26.3. The van der Waals surface area contributed by atoms with Gasteiger partial charge in [0.05, 0.1) is 11.3 Å². The number of ether oxygens (including phenoxy) is 1. The summed E-state index contributed by atoms with van der Waals surface area (Å²) in [5.74, 6) is 0.343. The quantitative estimate of drug-likeness (QED) is 0.176. The molecule has 2 amide bonds. The summed E-state index contributed by atoms with van der Waals surface area (Å²) in [6.45, 7) is 2.27. The van der Waals surface area contributed by atoms with Gasteiger partial charge in [0.15, 0.2) is 0 Å². The van der Waals surface area contributed by atoms with Crippen LogP contribution in [0.4, 0.5) is 29.3 Å². The smallest absolute Gasteiger partial charge is 0.393 e. The van der Waals surface area contributed by atoms with Crippen LogP contribution in [0.3, 0.4) is 0 Å². The Balaban J connectivity index is 1.01. The standard InChI is InChI=1S/C38H35F3N4O3/c1-44-25-31(43-36(46)34-10-6-5-9-33(34)29-13-15-30(16-14-29)38(39,40)41)23-35(44)48-37(47)42-24-26-11-17-32(18-12-26)45-21-19-28(20-22-45)27-7-3-2-4-8-27/h2-18,23,25,28H,19-22,24H2,1H3,(H,42,47)(H,43,46). The molecule has 2 heterocycles. The number of carbonyl (C=O) groups is 2. The number of aromatic nitrogens is 1. The zero-order valence-electron chi connectivity index (χ0n) is 26.3. The summed E-state index contributed by atoms with van der Waals surface area (Å²) < 4.78 is 46.1. The third-order valence-corrected chi connectivity index (χ3v) is 8.61. The van der Waals surface area contributed by atoms with Gasteiger partial charge in [-0.1, -0.05) is 72.8 Å². The lowest BCUT2D eigenvalue weighted by molar-refractivity contribution is -0.137. The molecule has 6 rings (SSSR count). The molecule has 1 fully saturated rings. The summed E-state index contributed by atoms with van der Waals surface area (Å²) in [6, 6.07) is 31.6. The van der Waals surface area contributed by atoms with Gasteiger partial charge < -0.3 is 24.8 Å². The molecule has 10 heteroatoms. The fourth-order valence-corrected chi connectivity index (χ4v) is 6.01. The van der Waals surface area contributed by atoms with Gasteiger partial charge in [0.25, 0.3) is 5.91 Å². The maximum atomic E-state index is 13.2. The molecule has 0 spiro atoms. The van der Waals surface area contributed by atoms with Crippen molar-refractivity contribution >= 4 is 23.4 Å². The number of anilines is 2. The molecule has 0 atom stereocenters. The Morgan fingerprint density at radius 2 is 1.52 bits per heavy atom. The van der Waals surface area contributed by atoms with Gasteiger partial charge in [0, 0.05) is 50.2 Å². The van der Waals surface area contributed by atoms with Crippen LogP contribution in [0.15, 0.2) is 115 Å². The maximum Gasteiger partial charge on any atom is 0.416 e. The number of rotatable bonds is 8. The average molecular weight is 653 g/mol. The highest BCUT2D eigenvalue weighted by Crippen LogP contribution is 2.33. The second kappa shape index (κ2) is 14.1. The molecular formula is C38H35F3N4O3. The number of nitrogens with zero attached hydrogens (tertiary/aromatic N) is 2. The second-order valence-corrected chi connectivity index (χ2v) is 11.8. The number of hydrogen-bond donors (Lipinski definition) is 2. The number of benzene rings is 4. The lowest BCUT2D eigenvalue weighted by Crippen LogP contribution is -2.32. The van der Waals surface area contributed by atoms with Gasteiger partial charge in [-0.15, -0.1) is 0 Å². The number of piperidine rings is 1. The molecular weight excluding hydrogens is 617 g/mol. The highest BCUT2D eigenvalue weighted by molar-refractivity contribution is 6.08. The molecule has 0 saturated carbocycles. The Labute approximate surface area is 277 Å². The van der Waals surface area contributed by atoms with Gasteiger partial charge in [-0.3, -0.25) is 4.79 Å². The number of carbonyl (C=O) groups excluding carboxylic acids is 2. The number of hydrogen-bond acceptors (Lipinski definition) is 4. The van der Waals surface area contributed by atoms with E-state index in [1.807, 2.05) is 12.1 Å². The van der Waals surface area contributed by atoms with Gasteiger partial charge >= 0.3 is 12.3 Å². The molecule has 48 heavy (non-hydrogen) atoms. The molecule has 0 unspecified atom stereocenters. The van der Waals surface area contributed by atoms with Crippen LogP contribution >= 0.6 is 0 Å². The summed E-state index contributed by atoms with van der Waals surface area (Å²) >= 11 is 0. The first kappa shape index (κ1) is 32.4. The van der Waals surface area contributed by atoms with Crippen LogP contribution in [0.1, 0.15) is 45.8 Å². The molecule has 7 nitrogen and oxygen atoms in total. The minimum atomic E-state index is -4.45. The summed E-state index contributed by atoms with van der Waals surface area (Å²) in [7, 11) is 1.68. The second-order valence-electron chi connectivity index (χ2n) is 11.8. The van der Waals surface area contributed by atoms with Crippen molar-refractivity contribution in [1.29, 1.82) is 0 Å². The van der Waals surface area contributed by atoms with Gasteiger partial charge in [-0.25, -0.2) is 4.79 Å². The molecule has 1 aliphatic rings. The molecule has 1 aromatic heterocycles. The fraction of sp³-hybridized carbons (Fsp3) is 0.211. The molecule has 0 bridgehead atoms. The van der Waals surface area contributed by atoms with Crippen LogP contribution in [0.5, 0.6) is 5.88 Å². The monoisotopic (exact) mass is 652 g/mol. The molecule has 4 aromatic carbocycles. The number of halogens is 3. The van der Waals surface area contributed by atoms with Crippen LogP contribution in [0, 0.1) is 0 Å². The largest absolute Gasteiger partial charge is 0.416 e. The van der Waals surface area contributed by atoms with E-state index in [0.717, 1.165) is 49.3 Å². The first-order valence-electron chi connectivity index (χ1n) is 15.7. The summed E-state index contributed by atoms with van der Waals surface area (Å²) in [6.07, 6.45) is -1.28.